The summed E-state index contributed by atoms with van der Waals surface area (Å²) in [7, 11) is 0. The van der Waals surface area contributed by atoms with E-state index < -0.39 is 24.0 Å². The second kappa shape index (κ2) is 6.43. The van der Waals surface area contributed by atoms with Crippen molar-refractivity contribution in [3.8, 4) is 5.75 Å². The number of benzene rings is 1. The van der Waals surface area contributed by atoms with E-state index in [0.717, 1.165) is 17.7 Å². The fraction of sp³-hybridized carbons (Fsp3) is 0.167. The van der Waals surface area contributed by atoms with Crippen molar-refractivity contribution in [3.63, 3.8) is 0 Å². The quantitative estimate of drug-likeness (QED) is 0.855. The lowest BCUT2D eigenvalue weighted by Gasteiger charge is -2.13. The standard InChI is InChI=1S/C12H9F4NOS.ClH/c13-9-5-7(11(17)8-3-4-19-6-8)1-2-10(9)18-12(14,15)16;/h1-6,11H,17H2;1H/t11-;/m0./s1. The van der Waals surface area contributed by atoms with Crippen LogP contribution in [0.2, 0.25) is 0 Å². The number of ether oxygens (including phenoxy) is 1. The van der Waals surface area contributed by atoms with Gasteiger partial charge in [-0.25, -0.2) is 4.39 Å². The zero-order chi connectivity index (χ0) is 14.0. The second-order valence-electron chi connectivity index (χ2n) is 3.77. The molecule has 1 atom stereocenters. The minimum Gasteiger partial charge on any atom is -0.403 e. The molecule has 2 rings (SSSR count). The largest absolute Gasteiger partial charge is 0.573 e. The molecule has 0 bridgehead atoms. The molecule has 8 heteroatoms. The minimum absolute atomic E-state index is 0. The Bertz CT molecular complexity index is 559. The molecule has 0 fully saturated rings. The number of hydrogen-bond acceptors (Lipinski definition) is 3. The van der Waals surface area contributed by atoms with Crippen molar-refractivity contribution in [2.45, 2.75) is 12.4 Å². The van der Waals surface area contributed by atoms with Gasteiger partial charge in [0.05, 0.1) is 6.04 Å². The Morgan fingerprint density at radius 3 is 2.35 bits per heavy atom. The monoisotopic (exact) mass is 327 g/mol. The fourth-order valence-electron chi connectivity index (χ4n) is 1.56. The van der Waals surface area contributed by atoms with E-state index in [1.807, 2.05) is 5.38 Å². The van der Waals surface area contributed by atoms with Crippen LogP contribution in [0.5, 0.6) is 5.75 Å². The highest BCUT2D eigenvalue weighted by molar-refractivity contribution is 7.08. The first kappa shape index (κ1) is 16.7. The van der Waals surface area contributed by atoms with Gasteiger partial charge in [-0.3, -0.25) is 0 Å². The fourth-order valence-corrected chi connectivity index (χ4v) is 2.26. The second-order valence-corrected chi connectivity index (χ2v) is 4.55. The Hall–Kier alpha value is -1.31. The summed E-state index contributed by atoms with van der Waals surface area (Å²) in [5.41, 5.74) is 7.04. The van der Waals surface area contributed by atoms with Gasteiger partial charge in [-0.15, -0.1) is 25.6 Å². The summed E-state index contributed by atoms with van der Waals surface area (Å²) in [5, 5.41) is 3.61. The lowest BCUT2D eigenvalue weighted by atomic mass is 10.0. The molecule has 2 nitrogen and oxygen atoms in total. The van der Waals surface area contributed by atoms with E-state index in [1.54, 1.807) is 11.4 Å². The van der Waals surface area contributed by atoms with E-state index >= 15 is 0 Å². The Balaban J connectivity index is 0.00000200. The first-order chi connectivity index (χ1) is 8.87. The molecule has 0 saturated heterocycles. The predicted molar refractivity (Wildman–Crippen MR) is 70.7 cm³/mol. The summed E-state index contributed by atoms with van der Waals surface area (Å²) in [6.45, 7) is 0. The van der Waals surface area contributed by atoms with Gasteiger partial charge < -0.3 is 10.5 Å². The molecule has 0 radical (unpaired) electrons. The van der Waals surface area contributed by atoms with Crippen LogP contribution in [0.3, 0.4) is 0 Å². The van der Waals surface area contributed by atoms with Crippen LogP contribution in [0.15, 0.2) is 35.0 Å². The highest BCUT2D eigenvalue weighted by Crippen LogP contribution is 2.29. The van der Waals surface area contributed by atoms with E-state index in [0.29, 0.717) is 5.56 Å². The summed E-state index contributed by atoms with van der Waals surface area (Å²) in [6, 6.07) is 4.37. The van der Waals surface area contributed by atoms with Gasteiger partial charge in [0.1, 0.15) is 0 Å². The molecule has 2 N–H and O–H groups in total. The smallest absolute Gasteiger partial charge is 0.403 e. The Morgan fingerprint density at radius 2 is 1.85 bits per heavy atom. The van der Waals surface area contributed by atoms with E-state index in [1.165, 1.54) is 17.4 Å². The predicted octanol–water partition coefficient (Wildman–Crippen LogP) is 4.26. The van der Waals surface area contributed by atoms with Crippen LogP contribution in [0.4, 0.5) is 17.6 Å². The first-order valence-electron chi connectivity index (χ1n) is 5.19. The third-order valence-electron chi connectivity index (χ3n) is 2.44. The normalized spacial score (nSPS) is 12.7. The third-order valence-corrected chi connectivity index (χ3v) is 3.14. The summed E-state index contributed by atoms with van der Waals surface area (Å²) >= 11 is 1.43. The molecule has 0 amide bonds. The van der Waals surface area contributed by atoms with Crippen molar-refractivity contribution < 1.29 is 22.3 Å². The minimum atomic E-state index is -4.92. The molecular weight excluding hydrogens is 318 g/mol. The zero-order valence-electron chi connectivity index (χ0n) is 9.86. The zero-order valence-corrected chi connectivity index (χ0v) is 11.5. The maximum Gasteiger partial charge on any atom is 0.573 e. The van der Waals surface area contributed by atoms with Gasteiger partial charge in [0.2, 0.25) is 0 Å². The van der Waals surface area contributed by atoms with Gasteiger partial charge in [-0.05, 0) is 40.1 Å². The molecule has 0 aliphatic rings. The van der Waals surface area contributed by atoms with Gasteiger partial charge in [-0.1, -0.05) is 6.07 Å². The average Bonchev–Trinajstić information content (AvgIpc) is 2.82. The molecule has 1 heterocycles. The van der Waals surface area contributed by atoms with Crippen molar-refractivity contribution >= 4 is 23.7 Å². The van der Waals surface area contributed by atoms with Crippen LogP contribution in [0.25, 0.3) is 0 Å². The van der Waals surface area contributed by atoms with Crippen molar-refractivity contribution in [1.29, 1.82) is 0 Å². The molecule has 0 unspecified atom stereocenters. The molecule has 20 heavy (non-hydrogen) atoms. The number of nitrogens with two attached hydrogens (primary N) is 1. The maximum atomic E-state index is 13.5. The molecule has 1 aromatic carbocycles. The van der Waals surface area contributed by atoms with Gasteiger partial charge in [-0.2, -0.15) is 11.3 Å². The average molecular weight is 328 g/mol. The van der Waals surface area contributed by atoms with Crippen LogP contribution in [-0.2, 0) is 0 Å². The van der Waals surface area contributed by atoms with E-state index in [9.17, 15) is 17.6 Å². The van der Waals surface area contributed by atoms with Crippen molar-refractivity contribution in [3.05, 3.63) is 52.0 Å². The van der Waals surface area contributed by atoms with Gasteiger partial charge >= 0.3 is 6.36 Å². The molecule has 2 aromatic rings. The summed E-state index contributed by atoms with van der Waals surface area (Å²) < 4.78 is 53.0. The SMILES string of the molecule is Cl.N[C@H](c1ccsc1)c1ccc(OC(F)(F)F)c(F)c1. The molecule has 0 saturated carbocycles. The summed E-state index contributed by atoms with van der Waals surface area (Å²) in [5.74, 6) is -1.96. The molecule has 1 aromatic heterocycles. The number of hydrogen-bond donors (Lipinski definition) is 1. The van der Waals surface area contributed by atoms with Crippen LogP contribution >= 0.6 is 23.7 Å². The first-order valence-corrected chi connectivity index (χ1v) is 6.14. The summed E-state index contributed by atoms with van der Waals surface area (Å²) in [4.78, 5) is 0. The van der Waals surface area contributed by atoms with Crippen molar-refractivity contribution in [2.75, 3.05) is 0 Å². The molecule has 0 aliphatic carbocycles. The van der Waals surface area contributed by atoms with Gasteiger partial charge in [0.15, 0.2) is 11.6 Å². The Kier molecular flexibility index (Phi) is 5.38. The van der Waals surface area contributed by atoms with E-state index in [2.05, 4.69) is 4.74 Å². The van der Waals surface area contributed by atoms with Crippen LogP contribution in [0, 0.1) is 5.82 Å². The Morgan fingerprint density at radius 1 is 1.15 bits per heavy atom. The summed E-state index contributed by atoms with van der Waals surface area (Å²) in [6.07, 6.45) is -4.92. The van der Waals surface area contributed by atoms with Gasteiger partial charge in [0, 0.05) is 0 Å². The Labute approximate surface area is 122 Å². The maximum absolute atomic E-state index is 13.5. The highest BCUT2D eigenvalue weighted by Gasteiger charge is 2.32. The van der Waals surface area contributed by atoms with Crippen LogP contribution < -0.4 is 10.5 Å². The third kappa shape index (κ3) is 4.09. The number of thiophene rings is 1. The molecule has 110 valence electrons. The molecule has 0 spiro atoms. The van der Waals surface area contributed by atoms with E-state index in [4.69, 9.17) is 5.73 Å². The van der Waals surface area contributed by atoms with E-state index in [-0.39, 0.29) is 12.4 Å². The number of alkyl halides is 3. The number of rotatable bonds is 3. The lowest BCUT2D eigenvalue weighted by Crippen LogP contribution is -2.18. The number of halogens is 5. The van der Waals surface area contributed by atoms with Crippen LogP contribution in [0.1, 0.15) is 17.2 Å². The topological polar surface area (TPSA) is 35.2 Å². The molecule has 0 aliphatic heterocycles. The van der Waals surface area contributed by atoms with Crippen molar-refractivity contribution in [2.24, 2.45) is 5.73 Å². The highest BCUT2D eigenvalue weighted by atomic mass is 35.5. The van der Waals surface area contributed by atoms with Gasteiger partial charge in [0.25, 0.3) is 0 Å². The van der Waals surface area contributed by atoms with Crippen molar-refractivity contribution in [1.82, 2.24) is 0 Å². The molecular formula is C12H10ClF4NOS. The lowest BCUT2D eigenvalue weighted by molar-refractivity contribution is -0.275. The van der Waals surface area contributed by atoms with Crippen LogP contribution in [-0.4, -0.2) is 6.36 Å².